The first kappa shape index (κ1) is 14.9. The molecule has 0 bridgehead atoms. The van der Waals surface area contributed by atoms with Crippen LogP contribution in [0.2, 0.25) is 0 Å². The van der Waals surface area contributed by atoms with Crippen LogP contribution in [0.1, 0.15) is 27.7 Å². The Morgan fingerprint density at radius 3 is 2.33 bits per heavy atom. The Labute approximate surface area is 94.4 Å². The molecule has 0 saturated carbocycles. The van der Waals surface area contributed by atoms with Gasteiger partial charge in [-0.1, -0.05) is 27.7 Å². The standard InChI is InChI=1S/C12H27NO2/c1-11(2)8-13(6-7-15-5)9-12(3,4)10-14/h11,14H,6-10H2,1-5H3. The van der Waals surface area contributed by atoms with Crippen molar-refractivity contribution in [2.45, 2.75) is 27.7 Å². The second kappa shape index (κ2) is 7.20. The Morgan fingerprint density at radius 2 is 1.93 bits per heavy atom. The zero-order valence-corrected chi connectivity index (χ0v) is 10.9. The van der Waals surface area contributed by atoms with Gasteiger partial charge in [0, 0.05) is 38.8 Å². The summed E-state index contributed by atoms with van der Waals surface area (Å²) < 4.78 is 5.10. The number of hydrogen-bond donors (Lipinski definition) is 1. The molecule has 3 heteroatoms. The lowest BCUT2D eigenvalue weighted by Crippen LogP contribution is -2.40. The van der Waals surface area contributed by atoms with E-state index in [-0.39, 0.29) is 12.0 Å². The van der Waals surface area contributed by atoms with Crippen molar-refractivity contribution in [2.75, 3.05) is 40.0 Å². The number of rotatable bonds is 8. The first-order valence-electron chi connectivity index (χ1n) is 5.73. The van der Waals surface area contributed by atoms with Crippen molar-refractivity contribution in [3.8, 4) is 0 Å². The van der Waals surface area contributed by atoms with Gasteiger partial charge >= 0.3 is 0 Å². The highest BCUT2D eigenvalue weighted by Gasteiger charge is 2.21. The molecule has 0 fully saturated rings. The first-order chi connectivity index (χ1) is 6.91. The van der Waals surface area contributed by atoms with E-state index in [2.05, 4.69) is 32.6 Å². The van der Waals surface area contributed by atoms with Crippen LogP contribution in [-0.2, 0) is 4.74 Å². The van der Waals surface area contributed by atoms with Gasteiger partial charge in [0.05, 0.1) is 6.61 Å². The molecule has 0 unspecified atom stereocenters. The third kappa shape index (κ3) is 7.77. The molecule has 0 aromatic heterocycles. The summed E-state index contributed by atoms with van der Waals surface area (Å²) in [5.74, 6) is 0.649. The highest BCUT2D eigenvalue weighted by atomic mass is 16.5. The summed E-state index contributed by atoms with van der Waals surface area (Å²) in [4.78, 5) is 2.37. The third-order valence-corrected chi connectivity index (χ3v) is 2.31. The highest BCUT2D eigenvalue weighted by Crippen LogP contribution is 2.16. The van der Waals surface area contributed by atoms with Crippen LogP contribution in [0.5, 0.6) is 0 Å². The van der Waals surface area contributed by atoms with Crippen molar-refractivity contribution in [2.24, 2.45) is 11.3 Å². The summed E-state index contributed by atoms with van der Waals surface area (Å²) in [6.07, 6.45) is 0. The van der Waals surface area contributed by atoms with Crippen LogP contribution in [0.15, 0.2) is 0 Å². The summed E-state index contributed by atoms with van der Waals surface area (Å²) in [5, 5.41) is 9.24. The summed E-state index contributed by atoms with van der Waals surface area (Å²) in [6.45, 7) is 12.5. The van der Waals surface area contributed by atoms with Crippen LogP contribution >= 0.6 is 0 Å². The molecule has 0 rings (SSSR count). The van der Waals surface area contributed by atoms with Gasteiger partial charge in [0.1, 0.15) is 0 Å². The number of nitrogens with zero attached hydrogens (tertiary/aromatic N) is 1. The number of hydrogen-bond acceptors (Lipinski definition) is 3. The molecule has 0 heterocycles. The van der Waals surface area contributed by atoms with Crippen molar-refractivity contribution in [3.05, 3.63) is 0 Å². The second-order valence-electron chi connectivity index (χ2n) is 5.44. The van der Waals surface area contributed by atoms with Crippen LogP contribution in [0, 0.1) is 11.3 Å². The van der Waals surface area contributed by atoms with Crippen molar-refractivity contribution in [1.82, 2.24) is 4.90 Å². The molecule has 0 amide bonds. The molecule has 0 radical (unpaired) electrons. The highest BCUT2D eigenvalue weighted by molar-refractivity contribution is 4.73. The van der Waals surface area contributed by atoms with Crippen molar-refractivity contribution >= 4 is 0 Å². The van der Waals surface area contributed by atoms with Crippen LogP contribution in [0.3, 0.4) is 0 Å². The first-order valence-corrected chi connectivity index (χ1v) is 5.73. The lowest BCUT2D eigenvalue weighted by atomic mass is 9.94. The van der Waals surface area contributed by atoms with E-state index in [4.69, 9.17) is 4.74 Å². The van der Waals surface area contributed by atoms with Gasteiger partial charge in [0.2, 0.25) is 0 Å². The summed E-state index contributed by atoms with van der Waals surface area (Å²) in [7, 11) is 1.73. The summed E-state index contributed by atoms with van der Waals surface area (Å²) in [5.41, 5.74) is -0.0252. The van der Waals surface area contributed by atoms with Crippen LogP contribution in [-0.4, -0.2) is 50.0 Å². The predicted octanol–water partition coefficient (Wildman–Crippen LogP) is 1.61. The van der Waals surface area contributed by atoms with Crippen molar-refractivity contribution in [1.29, 1.82) is 0 Å². The van der Waals surface area contributed by atoms with Crippen molar-refractivity contribution in [3.63, 3.8) is 0 Å². The summed E-state index contributed by atoms with van der Waals surface area (Å²) in [6, 6.07) is 0. The molecule has 0 atom stereocenters. The van der Waals surface area contributed by atoms with Gasteiger partial charge in [-0.15, -0.1) is 0 Å². The van der Waals surface area contributed by atoms with Gasteiger partial charge in [-0.05, 0) is 5.92 Å². The van der Waals surface area contributed by atoms with E-state index >= 15 is 0 Å². The minimum Gasteiger partial charge on any atom is -0.396 e. The summed E-state index contributed by atoms with van der Waals surface area (Å²) >= 11 is 0. The largest absolute Gasteiger partial charge is 0.396 e. The molecule has 0 saturated heterocycles. The quantitative estimate of drug-likeness (QED) is 0.670. The maximum absolute atomic E-state index is 9.24. The van der Waals surface area contributed by atoms with Crippen LogP contribution in [0.4, 0.5) is 0 Å². The average molecular weight is 217 g/mol. The fourth-order valence-corrected chi connectivity index (χ4v) is 1.63. The van der Waals surface area contributed by atoms with Gasteiger partial charge in [-0.3, -0.25) is 0 Å². The Kier molecular flexibility index (Phi) is 7.14. The molecule has 0 spiro atoms. The van der Waals surface area contributed by atoms with Gasteiger partial charge in [-0.2, -0.15) is 0 Å². The second-order valence-corrected chi connectivity index (χ2v) is 5.44. The minimum atomic E-state index is -0.0252. The van der Waals surface area contributed by atoms with E-state index in [0.29, 0.717) is 5.92 Å². The van der Waals surface area contributed by atoms with E-state index in [1.807, 2.05) is 0 Å². The molecule has 0 aliphatic heterocycles. The van der Waals surface area contributed by atoms with Gasteiger partial charge in [0.15, 0.2) is 0 Å². The number of aliphatic hydroxyl groups is 1. The lowest BCUT2D eigenvalue weighted by Gasteiger charge is -2.32. The Balaban J connectivity index is 4.10. The molecular weight excluding hydrogens is 190 g/mol. The predicted molar refractivity (Wildman–Crippen MR) is 64.0 cm³/mol. The number of ether oxygens (including phenoxy) is 1. The normalized spacial score (nSPS) is 12.8. The van der Waals surface area contributed by atoms with Crippen LogP contribution < -0.4 is 0 Å². The minimum absolute atomic E-state index is 0.0252. The van der Waals surface area contributed by atoms with Crippen LogP contribution in [0.25, 0.3) is 0 Å². The smallest absolute Gasteiger partial charge is 0.0589 e. The molecule has 3 nitrogen and oxygen atoms in total. The van der Waals surface area contributed by atoms with E-state index in [1.165, 1.54) is 0 Å². The Morgan fingerprint density at radius 1 is 1.33 bits per heavy atom. The molecule has 0 aliphatic carbocycles. The number of aliphatic hydroxyl groups excluding tert-OH is 1. The molecule has 1 N–H and O–H groups in total. The molecular formula is C12H27NO2. The fourth-order valence-electron chi connectivity index (χ4n) is 1.63. The SMILES string of the molecule is COCCN(CC(C)C)CC(C)(C)CO. The Hall–Kier alpha value is -0.120. The van der Waals surface area contributed by atoms with E-state index < -0.39 is 0 Å². The molecule has 0 aliphatic rings. The fraction of sp³-hybridized carbons (Fsp3) is 1.00. The van der Waals surface area contributed by atoms with Crippen molar-refractivity contribution < 1.29 is 9.84 Å². The maximum atomic E-state index is 9.24. The monoisotopic (exact) mass is 217 g/mol. The van der Waals surface area contributed by atoms with E-state index in [9.17, 15) is 5.11 Å². The van der Waals surface area contributed by atoms with Gasteiger partial charge in [-0.25, -0.2) is 0 Å². The van der Waals surface area contributed by atoms with Gasteiger partial charge in [0.25, 0.3) is 0 Å². The maximum Gasteiger partial charge on any atom is 0.0589 e. The zero-order chi connectivity index (χ0) is 11.9. The topological polar surface area (TPSA) is 32.7 Å². The average Bonchev–Trinajstić information content (AvgIpc) is 2.13. The molecule has 0 aromatic carbocycles. The number of methoxy groups -OCH3 is 1. The van der Waals surface area contributed by atoms with E-state index in [0.717, 1.165) is 26.2 Å². The lowest BCUT2D eigenvalue weighted by molar-refractivity contribution is 0.0757. The van der Waals surface area contributed by atoms with Gasteiger partial charge < -0.3 is 14.7 Å². The molecule has 92 valence electrons. The third-order valence-electron chi connectivity index (χ3n) is 2.31. The Bertz CT molecular complexity index is 158. The molecule has 0 aromatic rings. The molecule has 15 heavy (non-hydrogen) atoms. The van der Waals surface area contributed by atoms with E-state index in [1.54, 1.807) is 7.11 Å². The zero-order valence-electron chi connectivity index (χ0n) is 10.9.